The SMILES string of the molecule is COc1ccc(Cl)cc1Nc1ccc(C(=O)NC2CCCCC2)nc1. The van der Waals surface area contributed by atoms with E-state index >= 15 is 0 Å². The first-order valence-electron chi connectivity index (χ1n) is 8.53. The average molecular weight is 360 g/mol. The summed E-state index contributed by atoms with van der Waals surface area (Å²) in [4.78, 5) is 16.6. The van der Waals surface area contributed by atoms with Crippen LogP contribution in [0.15, 0.2) is 36.5 Å². The Morgan fingerprint density at radius 2 is 2.00 bits per heavy atom. The Hall–Kier alpha value is -2.27. The number of halogens is 1. The van der Waals surface area contributed by atoms with Crippen LogP contribution in [0, 0.1) is 0 Å². The van der Waals surface area contributed by atoms with Crippen LogP contribution in [0.4, 0.5) is 11.4 Å². The summed E-state index contributed by atoms with van der Waals surface area (Å²) in [5, 5.41) is 6.89. The molecule has 1 amide bonds. The van der Waals surface area contributed by atoms with Crippen molar-refractivity contribution in [3.8, 4) is 5.75 Å². The minimum absolute atomic E-state index is 0.112. The topological polar surface area (TPSA) is 63.2 Å². The summed E-state index contributed by atoms with van der Waals surface area (Å²) >= 11 is 6.04. The Morgan fingerprint density at radius 3 is 2.68 bits per heavy atom. The van der Waals surface area contributed by atoms with Gasteiger partial charge in [0.15, 0.2) is 0 Å². The number of aromatic nitrogens is 1. The van der Waals surface area contributed by atoms with E-state index in [1.807, 2.05) is 6.07 Å². The lowest BCUT2D eigenvalue weighted by atomic mass is 9.95. The molecule has 1 heterocycles. The lowest BCUT2D eigenvalue weighted by Gasteiger charge is -2.22. The Morgan fingerprint density at radius 1 is 1.20 bits per heavy atom. The van der Waals surface area contributed by atoms with E-state index < -0.39 is 0 Å². The van der Waals surface area contributed by atoms with Gasteiger partial charge in [-0.25, -0.2) is 4.98 Å². The number of methoxy groups -OCH3 is 1. The second kappa shape index (κ2) is 8.21. The van der Waals surface area contributed by atoms with E-state index in [0.717, 1.165) is 24.2 Å². The molecule has 1 saturated carbocycles. The van der Waals surface area contributed by atoms with Gasteiger partial charge in [-0.15, -0.1) is 0 Å². The van der Waals surface area contributed by atoms with Gasteiger partial charge < -0.3 is 15.4 Å². The predicted molar refractivity (Wildman–Crippen MR) is 99.9 cm³/mol. The number of nitrogens with one attached hydrogen (secondary N) is 2. The zero-order valence-electron chi connectivity index (χ0n) is 14.2. The molecule has 0 unspecified atom stereocenters. The third-order valence-corrected chi connectivity index (χ3v) is 4.61. The quantitative estimate of drug-likeness (QED) is 0.822. The molecule has 0 saturated heterocycles. The van der Waals surface area contributed by atoms with Crippen LogP contribution in [0.2, 0.25) is 5.02 Å². The molecule has 0 atom stereocenters. The van der Waals surface area contributed by atoms with Crippen molar-refractivity contribution in [2.45, 2.75) is 38.1 Å². The Kier molecular flexibility index (Phi) is 5.76. The van der Waals surface area contributed by atoms with Gasteiger partial charge >= 0.3 is 0 Å². The molecule has 0 spiro atoms. The highest BCUT2D eigenvalue weighted by atomic mass is 35.5. The molecule has 5 nitrogen and oxygen atoms in total. The predicted octanol–water partition coefficient (Wildman–Crippen LogP) is 4.55. The Balaban J connectivity index is 1.65. The molecule has 1 aromatic heterocycles. The van der Waals surface area contributed by atoms with Crippen molar-refractivity contribution in [2.24, 2.45) is 0 Å². The second-order valence-corrected chi connectivity index (χ2v) is 6.65. The first-order valence-corrected chi connectivity index (χ1v) is 8.91. The first kappa shape index (κ1) is 17.5. The van der Waals surface area contributed by atoms with Gasteiger partial charge in [-0.3, -0.25) is 4.79 Å². The van der Waals surface area contributed by atoms with Gasteiger partial charge in [-0.05, 0) is 43.2 Å². The normalized spacial score (nSPS) is 14.8. The van der Waals surface area contributed by atoms with Gasteiger partial charge in [0.2, 0.25) is 0 Å². The molecule has 0 radical (unpaired) electrons. The molecule has 132 valence electrons. The van der Waals surface area contributed by atoms with Gasteiger partial charge in [0.05, 0.1) is 24.7 Å². The summed E-state index contributed by atoms with van der Waals surface area (Å²) in [5.74, 6) is 0.572. The first-order chi connectivity index (χ1) is 12.2. The molecule has 6 heteroatoms. The van der Waals surface area contributed by atoms with E-state index in [0.29, 0.717) is 16.5 Å². The molecular weight excluding hydrogens is 338 g/mol. The fourth-order valence-electron chi connectivity index (χ4n) is 3.04. The van der Waals surface area contributed by atoms with Crippen molar-refractivity contribution in [2.75, 3.05) is 12.4 Å². The summed E-state index contributed by atoms with van der Waals surface area (Å²) in [6.07, 6.45) is 7.37. The van der Waals surface area contributed by atoms with Crippen molar-refractivity contribution in [3.63, 3.8) is 0 Å². The number of ether oxygens (including phenoxy) is 1. The smallest absolute Gasteiger partial charge is 0.270 e. The Bertz CT molecular complexity index is 728. The number of nitrogens with zero attached hydrogens (tertiary/aromatic N) is 1. The van der Waals surface area contributed by atoms with Crippen LogP contribution in [0.25, 0.3) is 0 Å². The molecule has 1 aliphatic carbocycles. The lowest BCUT2D eigenvalue weighted by molar-refractivity contribution is 0.0922. The van der Waals surface area contributed by atoms with Gasteiger partial charge in [0.1, 0.15) is 11.4 Å². The minimum atomic E-state index is -0.112. The van der Waals surface area contributed by atoms with Crippen LogP contribution in [0.3, 0.4) is 0 Å². The summed E-state index contributed by atoms with van der Waals surface area (Å²) in [6.45, 7) is 0. The number of benzene rings is 1. The lowest BCUT2D eigenvalue weighted by Crippen LogP contribution is -2.36. The minimum Gasteiger partial charge on any atom is -0.495 e. The molecule has 2 aromatic rings. The van der Waals surface area contributed by atoms with Crippen LogP contribution in [-0.4, -0.2) is 24.0 Å². The largest absolute Gasteiger partial charge is 0.495 e. The van der Waals surface area contributed by atoms with E-state index in [4.69, 9.17) is 16.3 Å². The van der Waals surface area contributed by atoms with Gasteiger partial charge in [-0.2, -0.15) is 0 Å². The fourth-order valence-corrected chi connectivity index (χ4v) is 3.21. The molecule has 2 N–H and O–H groups in total. The molecule has 25 heavy (non-hydrogen) atoms. The number of anilines is 2. The zero-order valence-corrected chi connectivity index (χ0v) is 15.0. The molecule has 1 fully saturated rings. The standard InChI is InChI=1S/C19H22ClN3O2/c1-25-18-10-7-13(20)11-17(18)22-15-8-9-16(21-12-15)19(24)23-14-5-3-2-4-6-14/h7-12,14,22H,2-6H2,1H3,(H,23,24). The number of carbonyl (C=O) groups excluding carboxylic acids is 1. The maximum absolute atomic E-state index is 12.3. The third-order valence-electron chi connectivity index (χ3n) is 4.38. The van der Waals surface area contributed by atoms with Gasteiger partial charge in [-0.1, -0.05) is 30.9 Å². The van der Waals surface area contributed by atoms with Crippen molar-refractivity contribution in [3.05, 3.63) is 47.2 Å². The van der Waals surface area contributed by atoms with Crippen LogP contribution in [0.5, 0.6) is 5.75 Å². The number of carbonyl (C=O) groups is 1. The highest BCUT2D eigenvalue weighted by Gasteiger charge is 2.17. The van der Waals surface area contributed by atoms with E-state index in [1.165, 1.54) is 19.3 Å². The molecule has 0 bridgehead atoms. The zero-order chi connectivity index (χ0) is 17.6. The highest BCUT2D eigenvalue weighted by Crippen LogP contribution is 2.30. The van der Waals surface area contributed by atoms with E-state index in [1.54, 1.807) is 37.6 Å². The van der Waals surface area contributed by atoms with Gasteiger partial charge in [0, 0.05) is 11.1 Å². The van der Waals surface area contributed by atoms with Crippen LogP contribution >= 0.6 is 11.6 Å². The fraction of sp³-hybridized carbons (Fsp3) is 0.368. The highest BCUT2D eigenvalue weighted by molar-refractivity contribution is 6.31. The van der Waals surface area contributed by atoms with E-state index in [2.05, 4.69) is 15.6 Å². The Labute approximate surface area is 152 Å². The number of hydrogen-bond donors (Lipinski definition) is 2. The summed E-state index contributed by atoms with van der Waals surface area (Å²) in [5.41, 5.74) is 1.93. The van der Waals surface area contributed by atoms with Crippen molar-refractivity contribution in [1.29, 1.82) is 0 Å². The third kappa shape index (κ3) is 4.63. The van der Waals surface area contributed by atoms with Crippen molar-refractivity contribution < 1.29 is 9.53 Å². The molecule has 0 aliphatic heterocycles. The number of hydrogen-bond acceptors (Lipinski definition) is 4. The van der Waals surface area contributed by atoms with Crippen LogP contribution in [0.1, 0.15) is 42.6 Å². The van der Waals surface area contributed by atoms with E-state index in [9.17, 15) is 4.79 Å². The average Bonchev–Trinajstić information content (AvgIpc) is 2.63. The molecule has 1 aromatic carbocycles. The molecule has 1 aliphatic rings. The summed E-state index contributed by atoms with van der Waals surface area (Å²) in [6, 6.07) is 9.16. The number of pyridine rings is 1. The number of rotatable bonds is 5. The van der Waals surface area contributed by atoms with E-state index in [-0.39, 0.29) is 11.9 Å². The summed E-state index contributed by atoms with van der Waals surface area (Å²) < 4.78 is 5.31. The number of amides is 1. The maximum Gasteiger partial charge on any atom is 0.270 e. The van der Waals surface area contributed by atoms with Crippen molar-refractivity contribution in [1.82, 2.24) is 10.3 Å². The summed E-state index contributed by atoms with van der Waals surface area (Å²) in [7, 11) is 1.60. The second-order valence-electron chi connectivity index (χ2n) is 6.21. The van der Waals surface area contributed by atoms with Crippen LogP contribution in [-0.2, 0) is 0 Å². The van der Waals surface area contributed by atoms with Crippen LogP contribution < -0.4 is 15.4 Å². The monoisotopic (exact) mass is 359 g/mol. The van der Waals surface area contributed by atoms with Gasteiger partial charge in [0.25, 0.3) is 5.91 Å². The maximum atomic E-state index is 12.3. The molecule has 3 rings (SSSR count). The molecular formula is C19H22ClN3O2. The van der Waals surface area contributed by atoms with Crippen molar-refractivity contribution >= 4 is 28.9 Å².